The van der Waals surface area contributed by atoms with Crippen LogP contribution in [0.15, 0.2) is 47.4 Å². The molecule has 162 valence electrons. The molecule has 0 spiro atoms. The van der Waals surface area contributed by atoms with Gasteiger partial charge < -0.3 is 10.6 Å². The van der Waals surface area contributed by atoms with Gasteiger partial charge in [0, 0.05) is 30.3 Å². The van der Waals surface area contributed by atoms with Crippen LogP contribution in [0.4, 0.5) is 5.69 Å². The molecule has 7 nitrogen and oxygen atoms in total. The van der Waals surface area contributed by atoms with Crippen molar-refractivity contribution in [2.45, 2.75) is 32.1 Å². The minimum absolute atomic E-state index is 0.232. The van der Waals surface area contributed by atoms with E-state index in [0.29, 0.717) is 30.2 Å². The van der Waals surface area contributed by atoms with Gasteiger partial charge in [-0.2, -0.15) is 4.31 Å². The zero-order chi connectivity index (χ0) is 22.3. The number of carbonyl (C=O) groups is 2. The Morgan fingerprint density at radius 2 is 1.63 bits per heavy atom. The fraction of sp³-hybridized carbons (Fsp3) is 0.333. The summed E-state index contributed by atoms with van der Waals surface area (Å²) in [5.41, 5.74) is 2.12. The van der Waals surface area contributed by atoms with Crippen LogP contribution in [0.25, 0.3) is 0 Å². The third kappa shape index (κ3) is 6.04. The highest BCUT2D eigenvalue weighted by atomic mass is 35.5. The van der Waals surface area contributed by atoms with Gasteiger partial charge in [0.1, 0.15) is 0 Å². The number of carbonyl (C=O) groups excluding carboxylic acids is 2. The largest absolute Gasteiger partial charge is 0.347 e. The minimum Gasteiger partial charge on any atom is -0.347 e. The average Bonchev–Trinajstić information content (AvgIpc) is 2.71. The summed E-state index contributed by atoms with van der Waals surface area (Å²) < 4.78 is 26.4. The minimum atomic E-state index is -3.50. The van der Waals surface area contributed by atoms with Gasteiger partial charge in [-0.05, 0) is 48.7 Å². The number of rotatable bonds is 8. The van der Waals surface area contributed by atoms with Gasteiger partial charge in [0.2, 0.25) is 10.0 Å². The van der Waals surface area contributed by atoms with Gasteiger partial charge in [-0.3, -0.25) is 9.59 Å². The van der Waals surface area contributed by atoms with Crippen molar-refractivity contribution < 1.29 is 18.0 Å². The summed E-state index contributed by atoms with van der Waals surface area (Å²) >= 11 is 5.91. The molecule has 0 fully saturated rings. The SMILES string of the molecule is CCN(CC)S(=O)(=O)c1ccc(CCNC(=O)C(=O)Nc2cc(Cl)ccc2C)cc1. The first-order valence-electron chi connectivity index (χ1n) is 9.63. The molecule has 0 unspecified atom stereocenters. The van der Waals surface area contributed by atoms with Gasteiger partial charge in [0.25, 0.3) is 0 Å². The van der Waals surface area contributed by atoms with E-state index in [2.05, 4.69) is 10.6 Å². The normalized spacial score (nSPS) is 11.4. The topological polar surface area (TPSA) is 95.6 Å². The molecule has 2 aromatic carbocycles. The summed E-state index contributed by atoms with van der Waals surface area (Å²) in [5.74, 6) is -1.53. The van der Waals surface area contributed by atoms with Crippen LogP contribution in [-0.4, -0.2) is 44.2 Å². The van der Waals surface area contributed by atoms with Crippen molar-refractivity contribution in [2.24, 2.45) is 0 Å². The molecule has 2 aromatic rings. The highest BCUT2D eigenvalue weighted by Crippen LogP contribution is 2.20. The van der Waals surface area contributed by atoms with E-state index in [0.717, 1.165) is 11.1 Å². The Labute approximate surface area is 182 Å². The van der Waals surface area contributed by atoms with Crippen LogP contribution < -0.4 is 10.6 Å². The number of amides is 2. The monoisotopic (exact) mass is 451 g/mol. The van der Waals surface area contributed by atoms with Crippen molar-refractivity contribution in [3.05, 3.63) is 58.6 Å². The Balaban J connectivity index is 1.89. The number of nitrogens with one attached hydrogen (secondary N) is 2. The maximum Gasteiger partial charge on any atom is 0.313 e. The Morgan fingerprint density at radius 1 is 1.00 bits per heavy atom. The van der Waals surface area contributed by atoms with Gasteiger partial charge in [-0.25, -0.2) is 8.42 Å². The maximum absolute atomic E-state index is 12.5. The fourth-order valence-electron chi connectivity index (χ4n) is 2.85. The smallest absolute Gasteiger partial charge is 0.313 e. The van der Waals surface area contributed by atoms with Crippen molar-refractivity contribution in [1.82, 2.24) is 9.62 Å². The lowest BCUT2D eigenvalue weighted by Gasteiger charge is -2.18. The van der Waals surface area contributed by atoms with Crippen LogP contribution in [0.3, 0.4) is 0 Å². The predicted molar refractivity (Wildman–Crippen MR) is 118 cm³/mol. The van der Waals surface area contributed by atoms with Crippen LogP contribution in [0.5, 0.6) is 0 Å². The molecular formula is C21H26ClN3O4S. The van der Waals surface area contributed by atoms with E-state index in [1.54, 1.807) is 63.2 Å². The third-order valence-corrected chi connectivity index (χ3v) is 6.92. The molecular weight excluding hydrogens is 426 g/mol. The summed E-state index contributed by atoms with van der Waals surface area (Å²) in [6, 6.07) is 11.6. The summed E-state index contributed by atoms with van der Waals surface area (Å²) in [4.78, 5) is 24.3. The first-order chi connectivity index (χ1) is 14.2. The molecule has 0 aliphatic rings. The molecule has 0 heterocycles. The summed E-state index contributed by atoms with van der Waals surface area (Å²) in [5, 5.41) is 5.56. The molecule has 2 N–H and O–H groups in total. The van der Waals surface area contributed by atoms with Crippen molar-refractivity contribution in [3.63, 3.8) is 0 Å². The molecule has 2 amide bonds. The van der Waals surface area contributed by atoms with E-state index in [-0.39, 0.29) is 11.4 Å². The van der Waals surface area contributed by atoms with E-state index < -0.39 is 21.8 Å². The molecule has 2 rings (SSSR count). The van der Waals surface area contributed by atoms with Crippen molar-refractivity contribution >= 4 is 39.1 Å². The average molecular weight is 452 g/mol. The van der Waals surface area contributed by atoms with Gasteiger partial charge in [-0.1, -0.05) is 43.6 Å². The molecule has 9 heteroatoms. The van der Waals surface area contributed by atoms with E-state index in [1.807, 2.05) is 0 Å². The first kappa shape index (κ1) is 23.9. The molecule has 30 heavy (non-hydrogen) atoms. The van der Waals surface area contributed by atoms with Crippen LogP contribution in [0.1, 0.15) is 25.0 Å². The molecule has 0 aromatic heterocycles. The van der Waals surface area contributed by atoms with E-state index in [1.165, 1.54) is 4.31 Å². The number of hydrogen-bond donors (Lipinski definition) is 2. The first-order valence-corrected chi connectivity index (χ1v) is 11.4. The zero-order valence-electron chi connectivity index (χ0n) is 17.2. The Bertz CT molecular complexity index is 1000. The zero-order valence-corrected chi connectivity index (χ0v) is 18.8. The summed E-state index contributed by atoms with van der Waals surface area (Å²) in [6.07, 6.45) is 0.459. The van der Waals surface area contributed by atoms with E-state index in [4.69, 9.17) is 11.6 Å². The molecule has 0 radical (unpaired) electrons. The second kappa shape index (κ2) is 10.6. The van der Waals surface area contributed by atoms with Gasteiger partial charge in [-0.15, -0.1) is 0 Å². The number of nitrogens with zero attached hydrogens (tertiary/aromatic N) is 1. The highest BCUT2D eigenvalue weighted by Gasteiger charge is 2.21. The fourth-order valence-corrected chi connectivity index (χ4v) is 4.48. The van der Waals surface area contributed by atoms with Crippen molar-refractivity contribution in [1.29, 1.82) is 0 Å². The van der Waals surface area contributed by atoms with E-state index in [9.17, 15) is 18.0 Å². The Kier molecular flexibility index (Phi) is 8.40. The quantitative estimate of drug-likeness (QED) is 0.603. The lowest BCUT2D eigenvalue weighted by atomic mass is 10.1. The van der Waals surface area contributed by atoms with Crippen LogP contribution in [0.2, 0.25) is 5.02 Å². The Morgan fingerprint density at radius 3 is 2.23 bits per heavy atom. The predicted octanol–water partition coefficient (Wildman–Crippen LogP) is 2.98. The Hall–Kier alpha value is -2.42. The molecule has 0 aliphatic carbocycles. The van der Waals surface area contributed by atoms with Crippen LogP contribution in [0, 0.1) is 6.92 Å². The molecule has 0 bridgehead atoms. The number of sulfonamides is 1. The molecule has 0 aliphatic heterocycles. The number of hydrogen-bond acceptors (Lipinski definition) is 4. The second-order valence-electron chi connectivity index (χ2n) is 6.65. The lowest BCUT2D eigenvalue weighted by Crippen LogP contribution is -2.36. The van der Waals surface area contributed by atoms with E-state index >= 15 is 0 Å². The maximum atomic E-state index is 12.5. The third-order valence-electron chi connectivity index (χ3n) is 4.62. The number of anilines is 1. The second-order valence-corrected chi connectivity index (χ2v) is 9.03. The number of aryl methyl sites for hydroxylation is 1. The lowest BCUT2D eigenvalue weighted by molar-refractivity contribution is -0.136. The molecule has 0 saturated heterocycles. The van der Waals surface area contributed by atoms with Crippen LogP contribution in [-0.2, 0) is 26.0 Å². The number of benzene rings is 2. The molecule has 0 saturated carbocycles. The van der Waals surface area contributed by atoms with Gasteiger partial charge in [0.15, 0.2) is 0 Å². The standard InChI is InChI=1S/C21H26ClN3O4S/c1-4-25(5-2)30(28,29)18-10-7-16(8-11-18)12-13-23-20(26)21(27)24-19-14-17(22)9-6-15(19)3/h6-11,14H,4-5,12-13H2,1-3H3,(H,23,26)(H,24,27). The van der Waals surface area contributed by atoms with Crippen molar-refractivity contribution in [2.75, 3.05) is 25.0 Å². The highest BCUT2D eigenvalue weighted by molar-refractivity contribution is 7.89. The summed E-state index contributed by atoms with van der Waals surface area (Å²) in [7, 11) is -3.50. The van der Waals surface area contributed by atoms with Crippen molar-refractivity contribution in [3.8, 4) is 0 Å². The summed E-state index contributed by atoms with van der Waals surface area (Å²) in [6.45, 7) is 6.44. The van der Waals surface area contributed by atoms with Crippen LogP contribution >= 0.6 is 11.6 Å². The van der Waals surface area contributed by atoms with Gasteiger partial charge in [0.05, 0.1) is 4.90 Å². The molecule has 0 atom stereocenters. The van der Waals surface area contributed by atoms with Gasteiger partial charge >= 0.3 is 11.8 Å². The number of halogens is 1.